The molecule has 5 nitrogen and oxygen atoms in total. The molecule has 5 heteroatoms. The smallest absolute Gasteiger partial charge is 0.231 e. The summed E-state index contributed by atoms with van der Waals surface area (Å²) in [5.74, 6) is 3.45. The number of hydrogen-bond acceptors (Lipinski definition) is 4. The highest BCUT2D eigenvalue weighted by atomic mass is 16.7. The van der Waals surface area contributed by atoms with Gasteiger partial charge in [0.05, 0.1) is 0 Å². The summed E-state index contributed by atoms with van der Waals surface area (Å²) in [4.78, 5) is 3.15. The number of rotatable bonds is 0. The molecule has 1 aromatic heterocycles. The Morgan fingerprint density at radius 3 is 1.87 bits per heavy atom. The molecule has 0 amide bonds. The molecule has 3 heterocycles. The molecule has 0 fully saturated rings. The first-order valence-electron chi connectivity index (χ1n) is 10.3. The van der Waals surface area contributed by atoms with Crippen LogP contribution in [0.2, 0.25) is 0 Å². The molecular formula is C26H27NO4. The lowest BCUT2D eigenvalue weighted by Crippen LogP contribution is -2.15. The minimum absolute atomic E-state index is 0.360. The number of benzene rings is 3. The maximum absolute atomic E-state index is 5.38. The Morgan fingerprint density at radius 1 is 0.581 bits per heavy atom. The van der Waals surface area contributed by atoms with Crippen molar-refractivity contribution in [1.29, 1.82) is 0 Å². The van der Waals surface area contributed by atoms with Crippen LogP contribution in [0.25, 0.3) is 10.9 Å². The van der Waals surface area contributed by atoms with Crippen molar-refractivity contribution in [1.82, 2.24) is 4.98 Å². The van der Waals surface area contributed by atoms with E-state index in [0.717, 1.165) is 23.0 Å². The van der Waals surface area contributed by atoms with Crippen LogP contribution in [0.5, 0.6) is 23.0 Å². The molecule has 0 saturated carbocycles. The zero-order valence-corrected chi connectivity index (χ0v) is 18.1. The molecule has 0 saturated heterocycles. The molecule has 160 valence electrons. The number of H-pyrrole nitrogens is 1. The van der Waals surface area contributed by atoms with Gasteiger partial charge < -0.3 is 23.9 Å². The topological polar surface area (TPSA) is 52.7 Å². The molecule has 0 atom stereocenters. The van der Waals surface area contributed by atoms with Gasteiger partial charge in [-0.2, -0.15) is 0 Å². The van der Waals surface area contributed by atoms with Gasteiger partial charge in [0.1, 0.15) is 13.2 Å². The van der Waals surface area contributed by atoms with Crippen LogP contribution in [0, 0.1) is 20.8 Å². The van der Waals surface area contributed by atoms with E-state index in [1.807, 2.05) is 56.4 Å². The van der Waals surface area contributed by atoms with E-state index >= 15 is 0 Å². The molecule has 0 spiro atoms. The van der Waals surface area contributed by atoms with E-state index in [2.05, 4.69) is 36.2 Å². The lowest BCUT2D eigenvalue weighted by molar-refractivity contribution is 0.171. The maximum atomic E-state index is 5.38. The third-order valence-corrected chi connectivity index (χ3v) is 4.93. The van der Waals surface area contributed by atoms with Gasteiger partial charge in [0.25, 0.3) is 0 Å². The highest BCUT2D eigenvalue weighted by Gasteiger charge is 2.11. The molecule has 0 aliphatic carbocycles. The molecule has 0 radical (unpaired) electrons. The third kappa shape index (κ3) is 5.31. The SMILES string of the molecule is Cc1ccc2[nH]ccc2c1.Cc1ccc2c(c1)OCCO2.Cc1ccc2c(c1)OCO2. The highest BCUT2D eigenvalue weighted by Crippen LogP contribution is 2.32. The highest BCUT2D eigenvalue weighted by molar-refractivity contribution is 5.79. The van der Waals surface area contributed by atoms with E-state index in [1.165, 1.54) is 27.6 Å². The van der Waals surface area contributed by atoms with Crippen LogP contribution < -0.4 is 18.9 Å². The number of hydrogen-bond donors (Lipinski definition) is 1. The molecule has 31 heavy (non-hydrogen) atoms. The van der Waals surface area contributed by atoms with Crippen LogP contribution in [-0.4, -0.2) is 25.0 Å². The standard InChI is InChI=1S/C9H9N.C9H10O2.C8H8O2/c1-7-2-3-9-8(6-7)4-5-10-9;1-7-2-3-8-9(6-7)11-5-4-10-8;1-6-2-3-7-8(4-6)10-5-9-7/h2-6,10H,1H3;2-3,6H,4-5H2,1H3;2-4H,5H2,1H3. The maximum Gasteiger partial charge on any atom is 0.231 e. The second-order valence-electron chi connectivity index (χ2n) is 7.57. The molecule has 1 N–H and O–H groups in total. The number of fused-ring (bicyclic) bond motifs is 3. The van der Waals surface area contributed by atoms with E-state index in [0.29, 0.717) is 20.0 Å². The summed E-state index contributed by atoms with van der Waals surface area (Å²) in [6.07, 6.45) is 1.96. The first kappa shape index (κ1) is 20.7. The summed E-state index contributed by atoms with van der Waals surface area (Å²) < 4.78 is 21.0. The minimum atomic E-state index is 0.360. The fourth-order valence-corrected chi connectivity index (χ4v) is 3.33. The molecule has 4 aromatic rings. The number of aromatic nitrogens is 1. The quantitative estimate of drug-likeness (QED) is 0.383. The van der Waals surface area contributed by atoms with Gasteiger partial charge in [-0.25, -0.2) is 0 Å². The second kappa shape index (κ2) is 9.47. The van der Waals surface area contributed by atoms with E-state index in [1.54, 1.807) is 0 Å². The van der Waals surface area contributed by atoms with Crippen LogP contribution in [0.15, 0.2) is 66.9 Å². The summed E-state index contributed by atoms with van der Waals surface area (Å²) in [5.41, 5.74) is 4.93. The lowest BCUT2D eigenvalue weighted by atomic mass is 10.2. The van der Waals surface area contributed by atoms with Crippen molar-refractivity contribution in [3.05, 3.63) is 83.6 Å². The van der Waals surface area contributed by atoms with Crippen LogP contribution >= 0.6 is 0 Å². The summed E-state index contributed by atoms with van der Waals surface area (Å²) in [6, 6.07) is 20.3. The molecule has 3 aromatic carbocycles. The third-order valence-electron chi connectivity index (χ3n) is 4.93. The van der Waals surface area contributed by atoms with Crippen molar-refractivity contribution >= 4 is 10.9 Å². The van der Waals surface area contributed by atoms with Crippen LogP contribution in [-0.2, 0) is 0 Å². The van der Waals surface area contributed by atoms with Gasteiger partial charge in [-0.15, -0.1) is 0 Å². The second-order valence-corrected chi connectivity index (χ2v) is 7.57. The van der Waals surface area contributed by atoms with Gasteiger partial charge in [0.2, 0.25) is 6.79 Å². The Bertz CT molecular complexity index is 1170. The van der Waals surface area contributed by atoms with Gasteiger partial charge in [-0.3, -0.25) is 0 Å². The van der Waals surface area contributed by atoms with E-state index in [4.69, 9.17) is 18.9 Å². The minimum Gasteiger partial charge on any atom is -0.486 e. The Hall–Kier alpha value is -3.60. The Kier molecular flexibility index (Phi) is 6.32. The molecule has 2 aliphatic heterocycles. The zero-order chi connectivity index (χ0) is 21.6. The Morgan fingerprint density at radius 2 is 1.13 bits per heavy atom. The number of ether oxygens (including phenoxy) is 4. The molecular weight excluding hydrogens is 390 g/mol. The largest absolute Gasteiger partial charge is 0.486 e. The number of aromatic amines is 1. The molecule has 6 rings (SSSR count). The van der Waals surface area contributed by atoms with E-state index in [-0.39, 0.29) is 0 Å². The first-order valence-corrected chi connectivity index (χ1v) is 10.3. The van der Waals surface area contributed by atoms with Crippen LogP contribution in [0.4, 0.5) is 0 Å². The predicted molar refractivity (Wildman–Crippen MR) is 123 cm³/mol. The van der Waals surface area contributed by atoms with Gasteiger partial charge in [0, 0.05) is 11.7 Å². The number of nitrogens with one attached hydrogen (secondary N) is 1. The summed E-state index contributed by atoms with van der Waals surface area (Å²) in [7, 11) is 0. The van der Waals surface area contributed by atoms with Gasteiger partial charge in [-0.1, -0.05) is 23.8 Å². The Labute approximate surface area is 182 Å². The van der Waals surface area contributed by atoms with Crippen LogP contribution in [0.3, 0.4) is 0 Å². The fraction of sp³-hybridized carbons (Fsp3) is 0.231. The average Bonchev–Trinajstić information content (AvgIpc) is 3.43. The first-order chi connectivity index (χ1) is 15.1. The van der Waals surface area contributed by atoms with Crippen molar-refractivity contribution in [2.45, 2.75) is 20.8 Å². The monoisotopic (exact) mass is 417 g/mol. The zero-order valence-electron chi connectivity index (χ0n) is 18.1. The van der Waals surface area contributed by atoms with Crippen LogP contribution in [0.1, 0.15) is 16.7 Å². The summed E-state index contributed by atoms with van der Waals surface area (Å²) in [5, 5.41) is 1.29. The summed E-state index contributed by atoms with van der Waals surface area (Å²) in [6.45, 7) is 7.86. The van der Waals surface area contributed by atoms with Gasteiger partial charge in [-0.05, 0) is 79.7 Å². The Balaban J connectivity index is 0.000000112. The van der Waals surface area contributed by atoms with Crippen molar-refractivity contribution in [3.63, 3.8) is 0 Å². The predicted octanol–water partition coefficient (Wildman–Crippen LogP) is 5.97. The lowest BCUT2D eigenvalue weighted by Gasteiger charge is -2.18. The molecule has 0 bridgehead atoms. The van der Waals surface area contributed by atoms with Gasteiger partial charge in [0.15, 0.2) is 23.0 Å². The molecule has 0 unspecified atom stereocenters. The average molecular weight is 418 g/mol. The van der Waals surface area contributed by atoms with E-state index in [9.17, 15) is 0 Å². The normalized spacial score (nSPS) is 13.0. The fourth-order valence-electron chi connectivity index (χ4n) is 3.33. The van der Waals surface area contributed by atoms with Crippen molar-refractivity contribution in [2.24, 2.45) is 0 Å². The van der Waals surface area contributed by atoms with E-state index < -0.39 is 0 Å². The van der Waals surface area contributed by atoms with Crippen molar-refractivity contribution in [2.75, 3.05) is 20.0 Å². The van der Waals surface area contributed by atoms with Gasteiger partial charge >= 0.3 is 0 Å². The van der Waals surface area contributed by atoms with Crippen molar-refractivity contribution in [3.8, 4) is 23.0 Å². The van der Waals surface area contributed by atoms with Crippen molar-refractivity contribution < 1.29 is 18.9 Å². The summed E-state index contributed by atoms with van der Waals surface area (Å²) >= 11 is 0. The molecule has 2 aliphatic rings. The number of aryl methyl sites for hydroxylation is 3.